The van der Waals surface area contributed by atoms with Crippen molar-refractivity contribution in [1.29, 1.82) is 0 Å². The summed E-state index contributed by atoms with van der Waals surface area (Å²) in [5.41, 5.74) is 1.48. The molecule has 1 amide bonds. The van der Waals surface area contributed by atoms with Crippen LogP contribution in [0.4, 0.5) is 5.69 Å². The topological polar surface area (TPSA) is 77.4 Å². The van der Waals surface area contributed by atoms with Gasteiger partial charge in [0.1, 0.15) is 5.75 Å². The minimum absolute atomic E-state index is 0.124. The smallest absolute Gasteiger partial charge is 0.344 e. The van der Waals surface area contributed by atoms with Crippen LogP contribution in [0, 0.1) is 0 Å². The Bertz CT molecular complexity index is 991. The van der Waals surface area contributed by atoms with E-state index < -0.39 is 5.97 Å². The summed E-state index contributed by atoms with van der Waals surface area (Å²) < 4.78 is 15.7. The summed E-state index contributed by atoms with van der Waals surface area (Å²) in [4.78, 5) is 31.7. The molecule has 0 N–H and O–H groups in total. The molecule has 1 aliphatic heterocycles. The molecule has 0 radical (unpaired) electrons. The van der Waals surface area contributed by atoms with Crippen LogP contribution in [0.3, 0.4) is 0 Å². The van der Waals surface area contributed by atoms with Crippen LogP contribution in [-0.4, -0.2) is 55.4 Å². The van der Waals surface area contributed by atoms with E-state index in [9.17, 15) is 9.59 Å². The molecule has 1 heterocycles. The van der Waals surface area contributed by atoms with Crippen LogP contribution in [0.1, 0.15) is 18.9 Å². The summed E-state index contributed by atoms with van der Waals surface area (Å²) in [7, 11) is 1.64. The molecule has 32 heavy (non-hydrogen) atoms. The highest BCUT2D eigenvalue weighted by Gasteiger charge is 2.33. The van der Waals surface area contributed by atoms with Crippen LogP contribution in [0.5, 0.6) is 5.75 Å². The Balaban J connectivity index is 1.85. The van der Waals surface area contributed by atoms with Crippen LogP contribution in [0.25, 0.3) is 6.08 Å². The molecule has 0 aliphatic carbocycles. The molecule has 2 aromatic carbocycles. The molecule has 0 unspecified atom stereocenters. The molecular weight excluding hydrogens is 428 g/mol. The number of carbonyl (C=O) groups excluding carboxylic acids is 2. The SMILES string of the molecule is CCOC(=O)COc1ccccc1/C=C1\SC(=Nc2ccccc2)N(CCCOC)C1=O. The third-order valence-electron chi connectivity index (χ3n) is 4.46. The van der Waals surface area contributed by atoms with Gasteiger partial charge in [0.2, 0.25) is 0 Å². The lowest BCUT2D eigenvalue weighted by Crippen LogP contribution is -2.30. The van der Waals surface area contributed by atoms with Crippen molar-refractivity contribution >= 4 is 40.6 Å². The lowest BCUT2D eigenvalue weighted by molar-refractivity contribution is -0.145. The number of nitrogens with zero attached hydrogens (tertiary/aromatic N) is 2. The molecule has 0 atom stereocenters. The fourth-order valence-corrected chi connectivity index (χ4v) is 4.00. The molecule has 168 valence electrons. The number of thioether (sulfide) groups is 1. The maximum Gasteiger partial charge on any atom is 0.344 e. The van der Waals surface area contributed by atoms with E-state index in [0.29, 0.717) is 47.6 Å². The summed E-state index contributed by atoms with van der Waals surface area (Å²) in [5.74, 6) is -0.0651. The number of rotatable bonds is 10. The minimum atomic E-state index is -0.442. The first-order chi connectivity index (χ1) is 15.6. The third kappa shape index (κ3) is 6.45. The second-order valence-corrected chi connectivity index (χ2v) is 7.78. The molecule has 1 aliphatic rings. The van der Waals surface area contributed by atoms with Crippen molar-refractivity contribution < 1.29 is 23.8 Å². The van der Waals surface area contributed by atoms with Crippen molar-refractivity contribution in [3.63, 3.8) is 0 Å². The molecule has 8 heteroatoms. The Morgan fingerprint density at radius 2 is 1.88 bits per heavy atom. The molecule has 0 spiro atoms. The predicted molar refractivity (Wildman–Crippen MR) is 126 cm³/mol. The van der Waals surface area contributed by atoms with Crippen LogP contribution < -0.4 is 4.74 Å². The van der Waals surface area contributed by atoms with E-state index in [0.717, 1.165) is 5.69 Å². The fraction of sp³-hybridized carbons (Fsp3) is 0.292. The van der Waals surface area contributed by atoms with Crippen molar-refractivity contribution in [3.8, 4) is 5.75 Å². The lowest BCUT2D eigenvalue weighted by Gasteiger charge is -2.15. The summed E-state index contributed by atoms with van der Waals surface area (Å²) in [6.07, 6.45) is 2.47. The normalized spacial score (nSPS) is 16.1. The van der Waals surface area contributed by atoms with Crippen LogP contribution in [-0.2, 0) is 19.1 Å². The average molecular weight is 455 g/mol. The standard InChI is InChI=1S/C24H26N2O5S/c1-3-30-22(27)17-31-20-13-8-7-10-18(20)16-21-23(28)26(14-9-15-29-2)24(32-21)25-19-11-5-4-6-12-19/h4-8,10-13,16H,3,9,14-15,17H2,1-2H3/b21-16-,25-24?. The number of esters is 1. The van der Waals surface area contributed by atoms with Crippen LogP contribution in [0.15, 0.2) is 64.5 Å². The Kier molecular flexibility index (Phi) is 8.89. The zero-order valence-corrected chi connectivity index (χ0v) is 19.0. The van der Waals surface area contributed by atoms with E-state index in [1.165, 1.54) is 11.8 Å². The Hall–Kier alpha value is -3.10. The van der Waals surface area contributed by atoms with Gasteiger partial charge in [-0.1, -0.05) is 36.4 Å². The van der Waals surface area contributed by atoms with Crippen molar-refractivity contribution in [1.82, 2.24) is 4.90 Å². The summed E-state index contributed by atoms with van der Waals surface area (Å²) in [6, 6.07) is 16.8. The van der Waals surface area contributed by atoms with Gasteiger partial charge in [-0.3, -0.25) is 9.69 Å². The van der Waals surface area contributed by atoms with E-state index in [1.807, 2.05) is 48.5 Å². The lowest BCUT2D eigenvalue weighted by atomic mass is 10.2. The van der Waals surface area contributed by atoms with Crippen molar-refractivity contribution in [3.05, 3.63) is 65.1 Å². The summed E-state index contributed by atoms with van der Waals surface area (Å²) in [5, 5.41) is 0.619. The molecule has 2 aromatic rings. The number of carbonyl (C=O) groups is 2. The number of ether oxygens (including phenoxy) is 3. The van der Waals surface area contributed by atoms with Gasteiger partial charge in [0, 0.05) is 25.8 Å². The van der Waals surface area contributed by atoms with Crippen molar-refractivity contribution in [2.45, 2.75) is 13.3 Å². The van der Waals surface area contributed by atoms with Crippen molar-refractivity contribution in [2.24, 2.45) is 4.99 Å². The maximum absolute atomic E-state index is 13.2. The molecule has 3 rings (SSSR count). The number of hydrogen-bond donors (Lipinski definition) is 0. The zero-order chi connectivity index (χ0) is 22.8. The number of amides is 1. The highest BCUT2D eigenvalue weighted by atomic mass is 32.2. The van der Waals surface area contributed by atoms with Gasteiger partial charge in [0.25, 0.3) is 5.91 Å². The third-order valence-corrected chi connectivity index (χ3v) is 5.46. The van der Waals surface area contributed by atoms with E-state index in [2.05, 4.69) is 4.99 Å². The quantitative estimate of drug-likeness (QED) is 0.303. The predicted octanol–water partition coefficient (Wildman–Crippen LogP) is 4.27. The van der Waals surface area contributed by atoms with Crippen LogP contribution in [0.2, 0.25) is 0 Å². The van der Waals surface area contributed by atoms with Crippen LogP contribution >= 0.6 is 11.8 Å². The number of amidine groups is 1. The maximum atomic E-state index is 13.2. The van der Waals surface area contributed by atoms with Gasteiger partial charge >= 0.3 is 5.97 Å². The summed E-state index contributed by atoms with van der Waals surface area (Å²) in [6.45, 7) is 2.90. The van der Waals surface area contributed by atoms with Gasteiger partial charge in [0.15, 0.2) is 11.8 Å². The van der Waals surface area contributed by atoms with Gasteiger partial charge < -0.3 is 14.2 Å². The van der Waals surface area contributed by atoms with E-state index in [-0.39, 0.29) is 12.5 Å². The van der Waals surface area contributed by atoms with Gasteiger partial charge in [-0.25, -0.2) is 9.79 Å². The summed E-state index contributed by atoms with van der Waals surface area (Å²) >= 11 is 1.32. The Morgan fingerprint density at radius 3 is 2.62 bits per heavy atom. The number of para-hydroxylation sites is 2. The van der Waals surface area contributed by atoms with Gasteiger partial charge in [-0.2, -0.15) is 0 Å². The molecule has 0 aromatic heterocycles. The van der Waals surface area contributed by atoms with E-state index in [4.69, 9.17) is 14.2 Å². The Labute approximate surface area is 192 Å². The molecular formula is C24H26N2O5S. The molecule has 1 fully saturated rings. The monoisotopic (exact) mass is 454 g/mol. The first-order valence-corrected chi connectivity index (χ1v) is 11.2. The second-order valence-electron chi connectivity index (χ2n) is 6.78. The van der Waals surface area contributed by atoms with E-state index in [1.54, 1.807) is 31.1 Å². The fourth-order valence-electron chi connectivity index (χ4n) is 2.98. The molecule has 1 saturated heterocycles. The minimum Gasteiger partial charge on any atom is -0.481 e. The number of hydrogen-bond acceptors (Lipinski definition) is 7. The van der Waals surface area contributed by atoms with Gasteiger partial charge in [0.05, 0.1) is 17.2 Å². The molecule has 7 nitrogen and oxygen atoms in total. The average Bonchev–Trinajstić information content (AvgIpc) is 3.08. The number of benzene rings is 2. The Morgan fingerprint density at radius 1 is 1.12 bits per heavy atom. The van der Waals surface area contributed by atoms with Crippen molar-refractivity contribution in [2.75, 3.05) is 33.5 Å². The highest BCUT2D eigenvalue weighted by molar-refractivity contribution is 8.18. The largest absolute Gasteiger partial charge is 0.481 e. The second kappa shape index (κ2) is 12.1. The van der Waals surface area contributed by atoms with E-state index >= 15 is 0 Å². The number of methoxy groups -OCH3 is 1. The van der Waals surface area contributed by atoms with Gasteiger partial charge in [-0.05, 0) is 49.4 Å². The molecule has 0 saturated carbocycles. The number of aliphatic imine (C=N–C) groups is 1. The zero-order valence-electron chi connectivity index (χ0n) is 18.2. The highest BCUT2D eigenvalue weighted by Crippen LogP contribution is 2.35. The first kappa shape index (κ1) is 23.6. The first-order valence-electron chi connectivity index (χ1n) is 10.3. The molecule has 0 bridgehead atoms. The van der Waals surface area contributed by atoms with Gasteiger partial charge in [-0.15, -0.1) is 0 Å².